The van der Waals surface area contributed by atoms with Crippen LogP contribution in [0.2, 0.25) is 0 Å². The van der Waals surface area contributed by atoms with E-state index < -0.39 is 5.41 Å². The summed E-state index contributed by atoms with van der Waals surface area (Å²) in [5, 5.41) is 2.97. The molecule has 27 heavy (non-hydrogen) atoms. The SMILES string of the molecule is CC(C)(C)c1ccc(NC(=O)C2(C(=O)N3CCc4ccccc43)CC2)cc1. The monoisotopic (exact) mass is 362 g/mol. The van der Waals surface area contributed by atoms with E-state index in [0.29, 0.717) is 19.4 Å². The molecule has 1 aliphatic heterocycles. The van der Waals surface area contributed by atoms with Crippen LogP contribution in [0.3, 0.4) is 0 Å². The highest BCUT2D eigenvalue weighted by molar-refractivity contribution is 6.18. The fourth-order valence-corrected chi connectivity index (χ4v) is 3.77. The summed E-state index contributed by atoms with van der Waals surface area (Å²) in [6.45, 7) is 7.14. The molecule has 140 valence electrons. The Balaban J connectivity index is 1.50. The van der Waals surface area contributed by atoms with Gasteiger partial charge in [-0.3, -0.25) is 9.59 Å². The van der Waals surface area contributed by atoms with Crippen molar-refractivity contribution in [3.05, 3.63) is 59.7 Å². The van der Waals surface area contributed by atoms with Crippen molar-refractivity contribution in [2.45, 2.75) is 45.4 Å². The maximum atomic E-state index is 13.2. The van der Waals surface area contributed by atoms with Crippen LogP contribution in [-0.2, 0) is 21.4 Å². The lowest BCUT2D eigenvalue weighted by atomic mass is 9.87. The maximum Gasteiger partial charge on any atom is 0.242 e. The Morgan fingerprint density at radius 2 is 1.67 bits per heavy atom. The molecular weight excluding hydrogens is 336 g/mol. The average Bonchev–Trinajstić information content (AvgIpc) is 3.35. The van der Waals surface area contributed by atoms with E-state index in [1.54, 1.807) is 4.90 Å². The minimum Gasteiger partial charge on any atom is -0.325 e. The zero-order valence-electron chi connectivity index (χ0n) is 16.2. The largest absolute Gasteiger partial charge is 0.325 e. The molecular formula is C23H26N2O2. The van der Waals surface area contributed by atoms with Gasteiger partial charge in [0, 0.05) is 17.9 Å². The molecule has 0 unspecified atom stereocenters. The summed E-state index contributed by atoms with van der Waals surface area (Å²) in [4.78, 5) is 27.9. The second-order valence-electron chi connectivity index (χ2n) is 8.70. The number of rotatable bonds is 3. The number of carbonyl (C=O) groups excluding carboxylic acids is 2. The number of para-hydroxylation sites is 1. The van der Waals surface area contributed by atoms with Gasteiger partial charge in [-0.05, 0) is 54.0 Å². The first-order valence-electron chi connectivity index (χ1n) is 9.63. The molecule has 0 atom stereocenters. The first-order valence-corrected chi connectivity index (χ1v) is 9.63. The molecule has 1 saturated carbocycles. The smallest absolute Gasteiger partial charge is 0.242 e. The molecule has 4 nitrogen and oxygen atoms in total. The van der Waals surface area contributed by atoms with Gasteiger partial charge in [-0.15, -0.1) is 0 Å². The van der Waals surface area contributed by atoms with Crippen LogP contribution in [0.5, 0.6) is 0 Å². The van der Waals surface area contributed by atoms with Crippen molar-refractivity contribution < 1.29 is 9.59 Å². The molecule has 1 aliphatic carbocycles. The number of hydrogen-bond acceptors (Lipinski definition) is 2. The van der Waals surface area contributed by atoms with E-state index in [1.165, 1.54) is 11.1 Å². The van der Waals surface area contributed by atoms with E-state index >= 15 is 0 Å². The minimum atomic E-state index is -0.903. The average molecular weight is 362 g/mol. The summed E-state index contributed by atoms with van der Waals surface area (Å²) in [6.07, 6.45) is 2.10. The molecule has 2 aliphatic rings. The summed E-state index contributed by atoms with van der Waals surface area (Å²) < 4.78 is 0. The molecule has 0 radical (unpaired) electrons. The molecule has 0 saturated heterocycles. The second kappa shape index (κ2) is 6.22. The second-order valence-corrected chi connectivity index (χ2v) is 8.70. The number of anilines is 2. The predicted molar refractivity (Wildman–Crippen MR) is 108 cm³/mol. The van der Waals surface area contributed by atoms with Crippen molar-refractivity contribution in [3.8, 4) is 0 Å². The van der Waals surface area contributed by atoms with E-state index in [0.717, 1.165) is 17.8 Å². The zero-order chi connectivity index (χ0) is 19.2. The molecule has 1 fully saturated rings. The lowest BCUT2D eigenvalue weighted by Crippen LogP contribution is -2.42. The third kappa shape index (κ3) is 3.14. The lowest BCUT2D eigenvalue weighted by Gasteiger charge is -2.23. The Hall–Kier alpha value is -2.62. The third-order valence-corrected chi connectivity index (χ3v) is 5.74. The number of carbonyl (C=O) groups is 2. The quantitative estimate of drug-likeness (QED) is 0.828. The van der Waals surface area contributed by atoms with Crippen LogP contribution in [-0.4, -0.2) is 18.4 Å². The van der Waals surface area contributed by atoms with Crippen molar-refractivity contribution in [3.63, 3.8) is 0 Å². The first-order chi connectivity index (χ1) is 12.8. The molecule has 0 bridgehead atoms. The third-order valence-electron chi connectivity index (χ3n) is 5.74. The van der Waals surface area contributed by atoms with Gasteiger partial charge in [-0.25, -0.2) is 0 Å². The summed E-state index contributed by atoms with van der Waals surface area (Å²) >= 11 is 0. The number of hydrogen-bond donors (Lipinski definition) is 1. The predicted octanol–water partition coefficient (Wildman–Crippen LogP) is 4.29. The maximum absolute atomic E-state index is 13.2. The van der Waals surface area contributed by atoms with Gasteiger partial charge < -0.3 is 10.2 Å². The molecule has 4 heteroatoms. The molecule has 2 amide bonds. The van der Waals surface area contributed by atoms with Crippen LogP contribution in [0.15, 0.2) is 48.5 Å². The van der Waals surface area contributed by atoms with Crippen LogP contribution < -0.4 is 10.2 Å². The number of fused-ring (bicyclic) bond motifs is 1. The first kappa shape index (κ1) is 17.8. The lowest BCUT2D eigenvalue weighted by molar-refractivity contribution is -0.132. The fraction of sp³-hybridized carbons (Fsp3) is 0.391. The van der Waals surface area contributed by atoms with E-state index in [1.807, 2.05) is 42.5 Å². The number of nitrogens with zero attached hydrogens (tertiary/aromatic N) is 1. The zero-order valence-corrected chi connectivity index (χ0v) is 16.2. The van der Waals surface area contributed by atoms with Gasteiger partial charge in [-0.1, -0.05) is 51.1 Å². The summed E-state index contributed by atoms with van der Waals surface area (Å²) in [5.74, 6) is -0.239. The summed E-state index contributed by atoms with van der Waals surface area (Å²) in [5.41, 5.74) is 3.26. The van der Waals surface area contributed by atoms with Crippen LogP contribution in [0.25, 0.3) is 0 Å². The Bertz CT molecular complexity index is 889. The Labute approximate surface area is 160 Å². The molecule has 1 N–H and O–H groups in total. The molecule has 2 aromatic rings. The van der Waals surface area contributed by atoms with E-state index in [-0.39, 0.29) is 17.2 Å². The van der Waals surface area contributed by atoms with Gasteiger partial charge in [0.1, 0.15) is 5.41 Å². The Morgan fingerprint density at radius 1 is 1.00 bits per heavy atom. The van der Waals surface area contributed by atoms with Gasteiger partial charge in [-0.2, -0.15) is 0 Å². The standard InChI is InChI=1S/C23H26N2O2/c1-22(2,3)17-8-10-18(11-9-17)24-20(26)23(13-14-23)21(27)25-15-12-16-6-4-5-7-19(16)25/h4-11H,12-15H2,1-3H3,(H,24,26). The van der Waals surface area contributed by atoms with Crippen molar-refractivity contribution in [2.75, 3.05) is 16.8 Å². The highest BCUT2D eigenvalue weighted by Gasteiger charge is 2.58. The Morgan fingerprint density at radius 3 is 2.30 bits per heavy atom. The van der Waals surface area contributed by atoms with Gasteiger partial charge in [0.25, 0.3) is 0 Å². The fourth-order valence-electron chi connectivity index (χ4n) is 3.77. The van der Waals surface area contributed by atoms with E-state index in [2.05, 4.69) is 32.2 Å². The van der Waals surface area contributed by atoms with Gasteiger partial charge >= 0.3 is 0 Å². The van der Waals surface area contributed by atoms with Crippen molar-refractivity contribution in [2.24, 2.45) is 5.41 Å². The molecule has 0 spiro atoms. The molecule has 2 aromatic carbocycles. The van der Waals surface area contributed by atoms with Gasteiger partial charge in [0.15, 0.2) is 0 Å². The van der Waals surface area contributed by atoms with E-state index in [9.17, 15) is 9.59 Å². The number of amides is 2. The van der Waals surface area contributed by atoms with Crippen LogP contribution in [0.1, 0.15) is 44.7 Å². The highest BCUT2D eigenvalue weighted by Crippen LogP contribution is 2.49. The summed E-state index contributed by atoms with van der Waals surface area (Å²) in [7, 11) is 0. The normalized spacial score (nSPS) is 17.4. The van der Waals surface area contributed by atoms with Crippen LogP contribution in [0.4, 0.5) is 11.4 Å². The van der Waals surface area contributed by atoms with Crippen LogP contribution in [0, 0.1) is 5.41 Å². The molecule has 4 rings (SSSR count). The minimum absolute atomic E-state index is 0.0590. The van der Waals surface area contributed by atoms with Crippen molar-refractivity contribution in [1.82, 2.24) is 0 Å². The highest BCUT2D eigenvalue weighted by atomic mass is 16.2. The van der Waals surface area contributed by atoms with Gasteiger partial charge in [0.2, 0.25) is 11.8 Å². The Kier molecular flexibility index (Phi) is 4.10. The van der Waals surface area contributed by atoms with Crippen LogP contribution >= 0.6 is 0 Å². The van der Waals surface area contributed by atoms with Gasteiger partial charge in [0.05, 0.1) is 0 Å². The van der Waals surface area contributed by atoms with E-state index in [4.69, 9.17) is 0 Å². The summed E-state index contributed by atoms with van der Waals surface area (Å²) in [6, 6.07) is 15.9. The van der Waals surface area contributed by atoms with Crippen molar-refractivity contribution >= 4 is 23.2 Å². The molecule has 0 aromatic heterocycles. The topological polar surface area (TPSA) is 49.4 Å². The number of benzene rings is 2. The number of nitrogens with one attached hydrogen (secondary N) is 1. The molecule has 1 heterocycles. The van der Waals surface area contributed by atoms with Crippen molar-refractivity contribution in [1.29, 1.82) is 0 Å².